The Morgan fingerprint density at radius 3 is 2.44 bits per heavy atom. The molecule has 0 fully saturated rings. The molecule has 0 saturated carbocycles. The maximum Gasteiger partial charge on any atom is 0.416 e. The van der Waals surface area contributed by atoms with Gasteiger partial charge in [-0.25, -0.2) is 4.79 Å². The Balaban J connectivity index is 1.86. The van der Waals surface area contributed by atoms with Crippen LogP contribution in [0.25, 0.3) is 22.8 Å². The standard InChI is InChI=1S/C16H10F3N3O3/c17-16(18,19)11-3-1-2-10(8-11)13-21-14(25-22-13)9-4-6-12(7-5-9)20-15(23)24/h1-8,20H,(H,23,24). The van der Waals surface area contributed by atoms with Crippen LogP contribution in [0.1, 0.15) is 5.56 Å². The molecule has 6 nitrogen and oxygen atoms in total. The van der Waals surface area contributed by atoms with E-state index in [9.17, 15) is 18.0 Å². The first-order valence-electron chi connectivity index (χ1n) is 6.94. The molecule has 1 amide bonds. The minimum Gasteiger partial charge on any atom is -0.465 e. The second kappa shape index (κ2) is 6.27. The molecule has 25 heavy (non-hydrogen) atoms. The van der Waals surface area contributed by atoms with E-state index >= 15 is 0 Å². The maximum atomic E-state index is 12.8. The molecule has 0 aliphatic carbocycles. The predicted molar refractivity (Wildman–Crippen MR) is 81.8 cm³/mol. The highest BCUT2D eigenvalue weighted by molar-refractivity contribution is 5.83. The number of carboxylic acid groups (broad SMARTS) is 1. The van der Waals surface area contributed by atoms with Gasteiger partial charge in [-0.2, -0.15) is 18.2 Å². The van der Waals surface area contributed by atoms with Crippen LogP contribution >= 0.6 is 0 Å². The zero-order valence-electron chi connectivity index (χ0n) is 12.4. The normalized spacial score (nSPS) is 11.3. The van der Waals surface area contributed by atoms with Gasteiger partial charge in [0.2, 0.25) is 5.82 Å². The van der Waals surface area contributed by atoms with Gasteiger partial charge < -0.3 is 9.63 Å². The Hall–Kier alpha value is -3.36. The third-order valence-electron chi connectivity index (χ3n) is 3.26. The van der Waals surface area contributed by atoms with Crippen molar-refractivity contribution in [3.05, 3.63) is 54.1 Å². The zero-order valence-corrected chi connectivity index (χ0v) is 12.4. The van der Waals surface area contributed by atoms with Gasteiger partial charge in [0.05, 0.1) is 5.56 Å². The van der Waals surface area contributed by atoms with Gasteiger partial charge in [-0.3, -0.25) is 5.32 Å². The quantitative estimate of drug-likeness (QED) is 0.726. The molecule has 9 heteroatoms. The van der Waals surface area contributed by atoms with E-state index in [1.54, 1.807) is 12.1 Å². The van der Waals surface area contributed by atoms with Crippen LogP contribution in [0.15, 0.2) is 53.1 Å². The van der Waals surface area contributed by atoms with Crippen LogP contribution in [0, 0.1) is 0 Å². The van der Waals surface area contributed by atoms with Gasteiger partial charge in [-0.15, -0.1) is 0 Å². The predicted octanol–water partition coefficient (Wildman–Crippen LogP) is 4.51. The number of anilines is 1. The fourth-order valence-electron chi connectivity index (χ4n) is 2.11. The average molecular weight is 349 g/mol. The van der Waals surface area contributed by atoms with Crippen LogP contribution in [0.3, 0.4) is 0 Å². The number of hydrogen-bond acceptors (Lipinski definition) is 4. The molecular formula is C16H10F3N3O3. The van der Waals surface area contributed by atoms with Crippen molar-refractivity contribution in [2.24, 2.45) is 0 Å². The molecule has 0 bridgehead atoms. The summed E-state index contributed by atoms with van der Waals surface area (Å²) in [5, 5.41) is 14.5. The number of halogens is 3. The minimum atomic E-state index is -4.46. The monoisotopic (exact) mass is 349 g/mol. The fourth-order valence-corrected chi connectivity index (χ4v) is 2.11. The number of amides is 1. The Bertz CT molecular complexity index is 905. The van der Waals surface area contributed by atoms with E-state index in [2.05, 4.69) is 15.5 Å². The van der Waals surface area contributed by atoms with Crippen molar-refractivity contribution >= 4 is 11.8 Å². The lowest BCUT2D eigenvalue weighted by Crippen LogP contribution is -2.06. The molecule has 0 unspecified atom stereocenters. The van der Waals surface area contributed by atoms with E-state index in [1.807, 2.05) is 0 Å². The molecule has 0 aliphatic heterocycles. The van der Waals surface area contributed by atoms with Crippen molar-refractivity contribution in [3.8, 4) is 22.8 Å². The number of alkyl halides is 3. The first-order valence-corrected chi connectivity index (χ1v) is 6.94. The average Bonchev–Trinajstić information content (AvgIpc) is 3.04. The van der Waals surface area contributed by atoms with Gasteiger partial charge in [-0.05, 0) is 36.4 Å². The van der Waals surface area contributed by atoms with Crippen LogP contribution in [0.5, 0.6) is 0 Å². The number of aromatic nitrogens is 2. The van der Waals surface area contributed by atoms with Crippen molar-refractivity contribution in [2.75, 3.05) is 5.32 Å². The maximum absolute atomic E-state index is 12.8. The summed E-state index contributed by atoms with van der Waals surface area (Å²) >= 11 is 0. The number of rotatable bonds is 3. The fraction of sp³-hybridized carbons (Fsp3) is 0.0625. The van der Waals surface area contributed by atoms with Gasteiger partial charge in [0.15, 0.2) is 0 Å². The van der Waals surface area contributed by atoms with Crippen molar-refractivity contribution in [2.45, 2.75) is 6.18 Å². The van der Waals surface area contributed by atoms with Crippen LogP contribution in [-0.2, 0) is 6.18 Å². The number of benzene rings is 2. The van der Waals surface area contributed by atoms with Gasteiger partial charge in [0, 0.05) is 16.8 Å². The van der Waals surface area contributed by atoms with Crippen LogP contribution in [-0.4, -0.2) is 21.3 Å². The minimum absolute atomic E-state index is 0.0221. The molecule has 2 N–H and O–H groups in total. The summed E-state index contributed by atoms with van der Waals surface area (Å²) in [4.78, 5) is 14.6. The topological polar surface area (TPSA) is 88.2 Å². The largest absolute Gasteiger partial charge is 0.465 e. The van der Waals surface area contributed by atoms with E-state index in [4.69, 9.17) is 9.63 Å². The molecule has 0 atom stereocenters. The highest BCUT2D eigenvalue weighted by atomic mass is 19.4. The highest BCUT2D eigenvalue weighted by Gasteiger charge is 2.30. The molecule has 0 aliphatic rings. The smallest absolute Gasteiger partial charge is 0.416 e. The Labute approximate surface area is 138 Å². The van der Waals surface area contributed by atoms with E-state index in [-0.39, 0.29) is 17.3 Å². The summed E-state index contributed by atoms with van der Waals surface area (Å²) in [6.45, 7) is 0. The Kier molecular flexibility index (Phi) is 4.14. The molecule has 1 aromatic heterocycles. The summed E-state index contributed by atoms with van der Waals surface area (Å²) < 4.78 is 43.4. The van der Waals surface area contributed by atoms with Crippen LogP contribution < -0.4 is 5.32 Å². The summed E-state index contributed by atoms with van der Waals surface area (Å²) in [5.74, 6) is 0.128. The zero-order chi connectivity index (χ0) is 18.0. The lowest BCUT2D eigenvalue weighted by atomic mass is 10.1. The van der Waals surface area contributed by atoms with Gasteiger partial charge in [-0.1, -0.05) is 17.3 Å². The van der Waals surface area contributed by atoms with E-state index < -0.39 is 17.8 Å². The van der Waals surface area contributed by atoms with Gasteiger partial charge in [0.1, 0.15) is 0 Å². The van der Waals surface area contributed by atoms with Crippen molar-refractivity contribution in [1.82, 2.24) is 10.1 Å². The summed E-state index contributed by atoms with van der Waals surface area (Å²) in [6.07, 6.45) is -5.66. The van der Waals surface area contributed by atoms with Crippen molar-refractivity contribution in [3.63, 3.8) is 0 Å². The number of hydrogen-bond donors (Lipinski definition) is 2. The third-order valence-corrected chi connectivity index (χ3v) is 3.26. The number of carbonyl (C=O) groups is 1. The molecule has 0 spiro atoms. The van der Waals surface area contributed by atoms with E-state index in [1.165, 1.54) is 24.3 Å². The second-order valence-corrected chi connectivity index (χ2v) is 5.01. The van der Waals surface area contributed by atoms with Crippen molar-refractivity contribution < 1.29 is 27.6 Å². The molecule has 0 saturated heterocycles. The molecule has 1 heterocycles. The molecular weight excluding hydrogens is 339 g/mol. The Morgan fingerprint density at radius 2 is 1.80 bits per heavy atom. The number of nitrogens with one attached hydrogen (secondary N) is 1. The lowest BCUT2D eigenvalue weighted by Gasteiger charge is -2.06. The second-order valence-electron chi connectivity index (χ2n) is 5.01. The summed E-state index contributed by atoms with van der Waals surface area (Å²) in [6, 6.07) is 10.7. The van der Waals surface area contributed by atoms with Crippen LogP contribution in [0.2, 0.25) is 0 Å². The van der Waals surface area contributed by atoms with Gasteiger partial charge in [0.25, 0.3) is 5.89 Å². The Morgan fingerprint density at radius 1 is 1.08 bits per heavy atom. The first kappa shape index (κ1) is 16.5. The molecule has 2 aromatic carbocycles. The number of nitrogens with zero attached hydrogens (tertiary/aromatic N) is 2. The SMILES string of the molecule is O=C(O)Nc1ccc(-c2nc(-c3cccc(C(F)(F)F)c3)no2)cc1. The van der Waals surface area contributed by atoms with Crippen LogP contribution in [0.4, 0.5) is 23.7 Å². The highest BCUT2D eigenvalue weighted by Crippen LogP contribution is 2.32. The molecule has 3 aromatic rings. The summed E-state index contributed by atoms with van der Waals surface area (Å²) in [7, 11) is 0. The molecule has 3 rings (SSSR count). The molecule has 128 valence electrons. The lowest BCUT2D eigenvalue weighted by molar-refractivity contribution is -0.137. The van der Waals surface area contributed by atoms with E-state index in [0.29, 0.717) is 11.3 Å². The van der Waals surface area contributed by atoms with E-state index in [0.717, 1.165) is 12.1 Å². The third kappa shape index (κ3) is 3.77. The van der Waals surface area contributed by atoms with Gasteiger partial charge >= 0.3 is 12.3 Å². The molecule has 0 radical (unpaired) electrons. The van der Waals surface area contributed by atoms with Crippen molar-refractivity contribution in [1.29, 1.82) is 0 Å². The first-order chi connectivity index (χ1) is 11.8. The summed E-state index contributed by atoms with van der Waals surface area (Å²) in [5.41, 5.74) is 0.227.